The Labute approximate surface area is 161 Å². The SMILES string of the molecule is Cc1ccc(OCCNC(=O)N2CCN(C(=O)C3CCCN3C)CC2)cc1. The van der Waals surface area contributed by atoms with Crippen molar-refractivity contribution in [1.29, 1.82) is 0 Å². The molecular weight excluding hydrogens is 344 g/mol. The maximum Gasteiger partial charge on any atom is 0.317 e. The molecule has 1 atom stereocenters. The second-order valence-electron chi connectivity index (χ2n) is 7.34. The van der Waals surface area contributed by atoms with Gasteiger partial charge in [-0.2, -0.15) is 0 Å². The number of likely N-dealkylation sites (N-methyl/N-ethyl adjacent to an activating group) is 1. The second-order valence-corrected chi connectivity index (χ2v) is 7.34. The first-order chi connectivity index (χ1) is 13.0. The summed E-state index contributed by atoms with van der Waals surface area (Å²) in [5, 5.41) is 2.89. The summed E-state index contributed by atoms with van der Waals surface area (Å²) in [5.41, 5.74) is 1.19. The number of aryl methyl sites for hydroxylation is 1. The number of benzene rings is 1. The van der Waals surface area contributed by atoms with E-state index in [2.05, 4.69) is 10.2 Å². The first-order valence-corrected chi connectivity index (χ1v) is 9.76. The third-order valence-corrected chi connectivity index (χ3v) is 5.35. The molecule has 27 heavy (non-hydrogen) atoms. The fourth-order valence-corrected chi connectivity index (χ4v) is 3.64. The summed E-state index contributed by atoms with van der Waals surface area (Å²) >= 11 is 0. The number of nitrogens with one attached hydrogen (secondary N) is 1. The van der Waals surface area contributed by atoms with E-state index in [0.29, 0.717) is 39.3 Å². The lowest BCUT2D eigenvalue weighted by Crippen LogP contribution is -2.56. The van der Waals surface area contributed by atoms with E-state index in [0.717, 1.165) is 25.1 Å². The van der Waals surface area contributed by atoms with E-state index in [9.17, 15) is 9.59 Å². The molecular formula is C20H30N4O3. The van der Waals surface area contributed by atoms with Gasteiger partial charge in [-0.3, -0.25) is 9.69 Å². The van der Waals surface area contributed by atoms with Crippen LogP contribution in [0.4, 0.5) is 4.79 Å². The highest BCUT2D eigenvalue weighted by molar-refractivity contribution is 5.82. The minimum Gasteiger partial charge on any atom is -0.492 e. The summed E-state index contributed by atoms with van der Waals surface area (Å²) in [4.78, 5) is 30.7. The van der Waals surface area contributed by atoms with Gasteiger partial charge >= 0.3 is 6.03 Å². The number of hydrogen-bond donors (Lipinski definition) is 1. The van der Waals surface area contributed by atoms with Crippen LogP contribution in [0.1, 0.15) is 18.4 Å². The van der Waals surface area contributed by atoms with E-state index in [1.807, 2.05) is 43.1 Å². The molecule has 1 unspecified atom stereocenters. The van der Waals surface area contributed by atoms with Gasteiger partial charge in [0.15, 0.2) is 0 Å². The molecule has 1 N–H and O–H groups in total. The zero-order chi connectivity index (χ0) is 19.2. The normalized spacial score (nSPS) is 20.6. The molecule has 2 heterocycles. The maximum atomic E-state index is 12.6. The predicted molar refractivity (Wildman–Crippen MR) is 104 cm³/mol. The zero-order valence-electron chi connectivity index (χ0n) is 16.3. The smallest absolute Gasteiger partial charge is 0.317 e. The van der Waals surface area contributed by atoms with Gasteiger partial charge in [0.25, 0.3) is 0 Å². The van der Waals surface area contributed by atoms with E-state index < -0.39 is 0 Å². The van der Waals surface area contributed by atoms with E-state index in [1.54, 1.807) is 4.90 Å². The number of ether oxygens (including phenoxy) is 1. The molecule has 0 saturated carbocycles. The number of nitrogens with zero attached hydrogens (tertiary/aromatic N) is 3. The monoisotopic (exact) mass is 374 g/mol. The van der Waals surface area contributed by atoms with Crippen molar-refractivity contribution in [1.82, 2.24) is 20.0 Å². The van der Waals surface area contributed by atoms with Crippen molar-refractivity contribution >= 4 is 11.9 Å². The van der Waals surface area contributed by atoms with Gasteiger partial charge < -0.3 is 19.9 Å². The number of likely N-dealkylation sites (tertiary alicyclic amines) is 1. The minimum atomic E-state index is -0.0902. The van der Waals surface area contributed by atoms with E-state index >= 15 is 0 Å². The number of amides is 3. The Morgan fingerprint density at radius 1 is 1.07 bits per heavy atom. The minimum absolute atomic E-state index is 0.0179. The van der Waals surface area contributed by atoms with Gasteiger partial charge in [-0.1, -0.05) is 17.7 Å². The summed E-state index contributed by atoms with van der Waals surface area (Å²) in [5.74, 6) is 1.01. The van der Waals surface area contributed by atoms with E-state index in [4.69, 9.17) is 4.74 Å². The number of carbonyl (C=O) groups is 2. The molecule has 3 amide bonds. The van der Waals surface area contributed by atoms with Crippen LogP contribution < -0.4 is 10.1 Å². The molecule has 0 aromatic heterocycles. The van der Waals surface area contributed by atoms with Crippen LogP contribution in [-0.4, -0.2) is 85.6 Å². The largest absolute Gasteiger partial charge is 0.492 e. The van der Waals surface area contributed by atoms with Gasteiger partial charge in [0.2, 0.25) is 5.91 Å². The van der Waals surface area contributed by atoms with Gasteiger partial charge in [-0.15, -0.1) is 0 Å². The highest BCUT2D eigenvalue weighted by Gasteiger charge is 2.33. The number of carbonyl (C=O) groups excluding carboxylic acids is 2. The second kappa shape index (κ2) is 9.08. The third-order valence-electron chi connectivity index (χ3n) is 5.35. The number of rotatable bonds is 5. The molecule has 7 nitrogen and oxygen atoms in total. The molecule has 0 aliphatic carbocycles. The Balaban J connectivity index is 1.34. The van der Waals surface area contributed by atoms with Crippen LogP contribution in [0.3, 0.4) is 0 Å². The summed E-state index contributed by atoms with van der Waals surface area (Å²) in [6.45, 7) is 6.28. The standard InChI is InChI=1S/C20H30N4O3/c1-16-5-7-17(8-6-16)27-15-9-21-20(26)24-13-11-23(12-14-24)19(25)18-4-3-10-22(18)2/h5-8,18H,3-4,9-15H2,1-2H3,(H,21,26). The Bertz CT molecular complexity index is 641. The first-order valence-electron chi connectivity index (χ1n) is 9.76. The van der Waals surface area contributed by atoms with Gasteiger partial charge in [-0.05, 0) is 45.5 Å². The Hall–Kier alpha value is -2.28. The predicted octanol–water partition coefficient (Wildman–Crippen LogP) is 1.32. The van der Waals surface area contributed by atoms with Crippen molar-refractivity contribution in [2.45, 2.75) is 25.8 Å². The van der Waals surface area contributed by atoms with Crippen LogP contribution in [-0.2, 0) is 4.79 Å². The Morgan fingerprint density at radius 2 is 1.74 bits per heavy atom. The van der Waals surface area contributed by atoms with Crippen molar-refractivity contribution < 1.29 is 14.3 Å². The molecule has 1 aromatic rings. The third kappa shape index (κ3) is 5.13. The molecule has 2 fully saturated rings. The van der Waals surface area contributed by atoms with Crippen LogP contribution in [0.2, 0.25) is 0 Å². The molecule has 3 rings (SSSR count). The average molecular weight is 374 g/mol. The maximum absolute atomic E-state index is 12.6. The fourth-order valence-electron chi connectivity index (χ4n) is 3.64. The van der Waals surface area contributed by atoms with Crippen LogP contribution in [0.5, 0.6) is 5.75 Å². The van der Waals surface area contributed by atoms with Gasteiger partial charge in [0, 0.05) is 26.2 Å². The summed E-state index contributed by atoms with van der Waals surface area (Å²) in [6.07, 6.45) is 2.02. The van der Waals surface area contributed by atoms with Crippen LogP contribution in [0.25, 0.3) is 0 Å². The van der Waals surface area contributed by atoms with E-state index in [1.165, 1.54) is 5.56 Å². The number of hydrogen-bond acceptors (Lipinski definition) is 4. The topological polar surface area (TPSA) is 65.1 Å². The van der Waals surface area contributed by atoms with Gasteiger partial charge in [0.05, 0.1) is 12.6 Å². The summed E-state index contributed by atoms with van der Waals surface area (Å²) in [6, 6.07) is 7.78. The van der Waals surface area contributed by atoms with Crippen molar-refractivity contribution in [3.05, 3.63) is 29.8 Å². The molecule has 2 aliphatic rings. The zero-order valence-corrected chi connectivity index (χ0v) is 16.3. The lowest BCUT2D eigenvalue weighted by Gasteiger charge is -2.36. The molecule has 1 aromatic carbocycles. The quantitative estimate of drug-likeness (QED) is 0.790. The lowest BCUT2D eigenvalue weighted by atomic mass is 10.2. The van der Waals surface area contributed by atoms with Gasteiger partial charge in [-0.25, -0.2) is 4.79 Å². The number of piperazine rings is 1. The first kappa shape index (κ1) is 19.5. The molecule has 0 spiro atoms. The van der Waals surface area contributed by atoms with Crippen molar-refractivity contribution in [2.75, 3.05) is 52.9 Å². The highest BCUT2D eigenvalue weighted by atomic mass is 16.5. The van der Waals surface area contributed by atoms with Crippen LogP contribution in [0.15, 0.2) is 24.3 Å². The Morgan fingerprint density at radius 3 is 2.37 bits per heavy atom. The van der Waals surface area contributed by atoms with Crippen molar-refractivity contribution in [3.63, 3.8) is 0 Å². The molecule has 2 saturated heterocycles. The Kier molecular flexibility index (Phi) is 6.55. The van der Waals surface area contributed by atoms with Crippen LogP contribution >= 0.6 is 0 Å². The van der Waals surface area contributed by atoms with Crippen LogP contribution in [0, 0.1) is 6.92 Å². The average Bonchev–Trinajstić information content (AvgIpc) is 3.12. The highest BCUT2D eigenvalue weighted by Crippen LogP contribution is 2.18. The summed E-state index contributed by atoms with van der Waals surface area (Å²) in [7, 11) is 2.01. The molecule has 0 radical (unpaired) electrons. The van der Waals surface area contributed by atoms with Gasteiger partial charge in [0.1, 0.15) is 12.4 Å². The lowest BCUT2D eigenvalue weighted by molar-refractivity contribution is -0.137. The number of urea groups is 1. The van der Waals surface area contributed by atoms with Crippen molar-refractivity contribution in [2.24, 2.45) is 0 Å². The molecule has 7 heteroatoms. The molecule has 2 aliphatic heterocycles. The molecule has 0 bridgehead atoms. The summed E-state index contributed by atoms with van der Waals surface area (Å²) < 4.78 is 5.62. The fraction of sp³-hybridized carbons (Fsp3) is 0.600. The molecule has 148 valence electrons. The van der Waals surface area contributed by atoms with E-state index in [-0.39, 0.29) is 18.0 Å². The van der Waals surface area contributed by atoms with Crippen molar-refractivity contribution in [3.8, 4) is 5.75 Å².